The largest absolute Gasteiger partial charge is 0.491 e. The molecule has 0 atom stereocenters. The van der Waals surface area contributed by atoms with Gasteiger partial charge in [-0.3, -0.25) is 0 Å². The summed E-state index contributed by atoms with van der Waals surface area (Å²) >= 11 is 0. The number of anilines is 1. The van der Waals surface area contributed by atoms with Crippen LogP contribution in [0.25, 0.3) is 0 Å². The molecule has 0 unspecified atom stereocenters. The number of hydrogen-bond acceptors (Lipinski definition) is 3. The maximum absolute atomic E-state index is 8.68. The third-order valence-corrected chi connectivity index (χ3v) is 3.60. The first-order valence-electron chi connectivity index (χ1n) is 6.88. The van der Waals surface area contributed by atoms with Crippen LogP contribution in [0, 0.1) is 5.92 Å². The maximum Gasteiger partial charge on any atom is 0.119 e. The topological polar surface area (TPSA) is 41.5 Å². The van der Waals surface area contributed by atoms with Crippen molar-refractivity contribution in [2.45, 2.75) is 38.6 Å². The Hall–Kier alpha value is -1.22. The molecule has 1 aromatic carbocycles. The van der Waals surface area contributed by atoms with Crippen molar-refractivity contribution in [3.05, 3.63) is 24.3 Å². The summed E-state index contributed by atoms with van der Waals surface area (Å²) in [5.74, 6) is 1.70. The van der Waals surface area contributed by atoms with Gasteiger partial charge in [0.15, 0.2) is 0 Å². The predicted molar refractivity (Wildman–Crippen MR) is 74.1 cm³/mol. The molecule has 2 N–H and O–H groups in total. The Morgan fingerprint density at radius 2 is 1.83 bits per heavy atom. The van der Waals surface area contributed by atoms with Gasteiger partial charge in [0, 0.05) is 11.7 Å². The minimum Gasteiger partial charge on any atom is -0.491 e. The minimum absolute atomic E-state index is 0.0558. The van der Waals surface area contributed by atoms with E-state index in [0.29, 0.717) is 12.6 Å². The van der Waals surface area contributed by atoms with Gasteiger partial charge in [0.1, 0.15) is 12.4 Å². The Labute approximate surface area is 109 Å². The SMILES string of the molecule is CC1CCC(Nc2ccc(OCCO)cc2)CC1. The van der Waals surface area contributed by atoms with E-state index in [1.807, 2.05) is 24.3 Å². The molecule has 18 heavy (non-hydrogen) atoms. The number of hydrogen-bond donors (Lipinski definition) is 2. The smallest absolute Gasteiger partial charge is 0.119 e. The molecule has 3 heteroatoms. The first-order chi connectivity index (χ1) is 8.78. The Balaban J connectivity index is 1.82. The Kier molecular flexibility index (Phi) is 4.88. The van der Waals surface area contributed by atoms with Crippen LogP contribution in [-0.4, -0.2) is 24.4 Å². The normalized spacial score (nSPS) is 23.7. The van der Waals surface area contributed by atoms with Gasteiger partial charge in [0.25, 0.3) is 0 Å². The van der Waals surface area contributed by atoms with Crippen LogP contribution in [0.4, 0.5) is 5.69 Å². The van der Waals surface area contributed by atoms with E-state index >= 15 is 0 Å². The third kappa shape index (κ3) is 3.91. The molecule has 1 aliphatic carbocycles. The summed E-state index contributed by atoms with van der Waals surface area (Å²) in [6, 6.07) is 8.60. The van der Waals surface area contributed by atoms with Crippen molar-refractivity contribution in [2.24, 2.45) is 5.92 Å². The van der Waals surface area contributed by atoms with Crippen molar-refractivity contribution in [1.82, 2.24) is 0 Å². The average molecular weight is 249 g/mol. The first-order valence-corrected chi connectivity index (χ1v) is 6.88. The van der Waals surface area contributed by atoms with Crippen LogP contribution >= 0.6 is 0 Å². The zero-order chi connectivity index (χ0) is 12.8. The fourth-order valence-electron chi connectivity index (χ4n) is 2.45. The van der Waals surface area contributed by atoms with Crippen molar-refractivity contribution in [3.8, 4) is 5.75 Å². The fraction of sp³-hybridized carbons (Fsp3) is 0.600. The molecule has 1 fully saturated rings. The van der Waals surface area contributed by atoms with Gasteiger partial charge in [0.05, 0.1) is 6.61 Å². The lowest BCUT2D eigenvalue weighted by molar-refractivity contribution is 0.201. The summed E-state index contributed by atoms with van der Waals surface area (Å²) in [5.41, 5.74) is 1.16. The van der Waals surface area contributed by atoms with Gasteiger partial charge in [-0.25, -0.2) is 0 Å². The highest BCUT2D eigenvalue weighted by Gasteiger charge is 2.17. The third-order valence-electron chi connectivity index (χ3n) is 3.60. The van der Waals surface area contributed by atoms with Gasteiger partial charge >= 0.3 is 0 Å². The molecule has 0 aromatic heterocycles. The van der Waals surface area contributed by atoms with E-state index in [9.17, 15) is 0 Å². The van der Waals surface area contributed by atoms with Crippen molar-refractivity contribution < 1.29 is 9.84 Å². The maximum atomic E-state index is 8.68. The summed E-state index contributed by atoms with van der Waals surface area (Å²) in [5, 5.41) is 12.3. The van der Waals surface area contributed by atoms with Crippen molar-refractivity contribution in [3.63, 3.8) is 0 Å². The first kappa shape index (κ1) is 13.2. The number of nitrogens with one attached hydrogen (secondary N) is 1. The molecule has 0 heterocycles. The van der Waals surface area contributed by atoms with E-state index in [2.05, 4.69) is 12.2 Å². The summed E-state index contributed by atoms with van der Waals surface area (Å²) in [6.07, 6.45) is 5.19. The van der Waals surface area contributed by atoms with E-state index < -0.39 is 0 Å². The zero-order valence-corrected chi connectivity index (χ0v) is 11.1. The molecular weight excluding hydrogens is 226 g/mol. The molecule has 0 saturated heterocycles. The molecule has 0 bridgehead atoms. The van der Waals surface area contributed by atoms with E-state index in [-0.39, 0.29) is 6.61 Å². The van der Waals surface area contributed by atoms with Crippen LogP contribution < -0.4 is 10.1 Å². The van der Waals surface area contributed by atoms with Gasteiger partial charge in [-0.1, -0.05) is 6.92 Å². The number of aliphatic hydroxyl groups is 1. The standard InChI is InChI=1S/C15H23NO2/c1-12-2-4-13(5-3-12)16-14-6-8-15(9-7-14)18-11-10-17/h6-9,12-13,16-17H,2-5,10-11H2,1H3. The quantitative estimate of drug-likeness (QED) is 0.842. The molecule has 1 saturated carbocycles. The van der Waals surface area contributed by atoms with Gasteiger partial charge in [-0.05, 0) is 55.9 Å². The van der Waals surface area contributed by atoms with Gasteiger partial charge in [-0.15, -0.1) is 0 Å². The molecule has 1 aliphatic rings. The van der Waals surface area contributed by atoms with Crippen LogP contribution in [0.3, 0.4) is 0 Å². The number of rotatable bonds is 5. The Morgan fingerprint density at radius 3 is 2.44 bits per heavy atom. The van der Waals surface area contributed by atoms with Gasteiger partial charge in [0.2, 0.25) is 0 Å². The molecule has 0 spiro atoms. The fourth-order valence-corrected chi connectivity index (χ4v) is 2.45. The second kappa shape index (κ2) is 6.64. The monoisotopic (exact) mass is 249 g/mol. The molecule has 2 rings (SSSR count). The summed E-state index contributed by atoms with van der Waals surface area (Å²) < 4.78 is 5.34. The van der Waals surface area contributed by atoms with E-state index in [4.69, 9.17) is 9.84 Å². The Morgan fingerprint density at radius 1 is 1.17 bits per heavy atom. The summed E-state index contributed by atoms with van der Waals surface area (Å²) in [7, 11) is 0. The second-order valence-electron chi connectivity index (χ2n) is 5.20. The van der Waals surface area contributed by atoms with E-state index in [0.717, 1.165) is 17.4 Å². The minimum atomic E-state index is 0.0558. The molecule has 1 aromatic rings. The highest BCUT2D eigenvalue weighted by atomic mass is 16.5. The van der Waals surface area contributed by atoms with Crippen molar-refractivity contribution in [2.75, 3.05) is 18.5 Å². The van der Waals surface area contributed by atoms with Crippen LogP contribution in [0.15, 0.2) is 24.3 Å². The predicted octanol–water partition coefficient (Wildman–Crippen LogP) is 3.05. The highest BCUT2D eigenvalue weighted by molar-refractivity contribution is 5.47. The van der Waals surface area contributed by atoms with E-state index in [1.54, 1.807) is 0 Å². The zero-order valence-electron chi connectivity index (χ0n) is 11.1. The second-order valence-corrected chi connectivity index (χ2v) is 5.20. The van der Waals surface area contributed by atoms with Crippen LogP contribution in [0.5, 0.6) is 5.75 Å². The lowest BCUT2D eigenvalue weighted by atomic mass is 9.87. The average Bonchev–Trinajstić information content (AvgIpc) is 2.41. The number of benzene rings is 1. The molecule has 3 nitrogen and oxygen atoms in total. The lowest BCUT2D eigenvalue weighted by Gasteiger charge is -2.27. The van der Waals surface area contributed by atoms with Crippen molar-refractivity contribution in [1.29, 1.82) is 0 Å². The summed E-state index contributed by atoms with van der Waals surface area (Å²) in [4.78, 5) is 0. The van der Waals surface area contributed by atoms with Gasteiger partial charge < -0.3 is 15.2 Å². The molecule has 100 valence electrons. The summed E-state index contributed by atoms with van der Waals surface area (Å²) in [6.45, 7) is 2.75. The van der Waals surface area contributed by atoms with Crippen molar-refractivity contribution >= 4 is 5.69 Å². The van der Waals surface area contributed by atoms with Crippen LogP contribution in [0.2, 0.25) is 0 Å². The lowest BCUT2D eigenvalue weighted by Crippen LogP contribution is -2.25. The van der Waals surface area contributed by atoms with E-state index in [1.165, 1.54) is 25.7 Å². The highest BCUT2D eigenvalue weighted by Crippen LogP contribution is 2.26. The van der Waals surface area contributed by atoms with Crippen LogP contribution in [0.1, 0.15) is 32.6 Å². The van der Waals surface area contributed by atoms with Gasteiger partial charge in [-0.2, -0.15) is 0 Å². The number of ether oxygens (including phenoxy) is 1. The molecule has 0 amide bonds. The molecule has 0 radical (unpaired) electrons. The molecular formula is C15H23NO2. The Bertz CT molecular complexity index is 342. The molecule has 0 aliphatic heterocycles. The number of aliphatic hydroxyl groups excluding tert-OH is 1. The van der Waals surface area contributed by atoms with Crippen LogP contribution in [-0.2, 0) is 0 Å².